The van der Waals surface area contributed by atoms with Gasteiger partial charge in [-0.15, -0.1) is 6.58 Å². The summed E-state index contributed by atoms with van der Waals surface area (Å²) < 4.78 is 0. The Morgan fingerprint density at radius 1 is 1.18 bits per heavy atom. The molecule has 2 rings (SSSR count). The smallest absolute Gasteiger partial charge is 0.262 e. The maximum atomic E-state index is 12.0. The molecule has 1 aromatic rings. The van der Waals surface area contributed by atoms with Crippen molar-refractivity contribution in [3.05, 3.63) is 48.0 Å². The molecule has 0 N–H and O–H groups in total. The molecule has 0 aromatic heterocycles. The number of nitrogens with zero attached hydrogens (tertiary/aromatic N) is 1. The van der Waals surface area contributed by atoms with Crippen LogP contribution in [0, 0.1) is 0 Å². The minimum absolute atomic E-state index is 0.273. The molecule has 0 spiro atoms. The highest BCUT2D eigenvalue weighted by Crippen LogP contribution is 2.24. The first-order valence-electron chi connectivity index (χ1n) is 5.23. The third-order valence-corrected chi connectivity index (χ3v) is 2.72. The maximum Gasteiger partial charge on any atom is 0.262 e. The number of amides is 2. The second kappa shape index (κ2) is 4.33. The van der Waals surface area contributed by atoms with Gasteiger partial charge in [-0.3, -0.25) is 14.5 Å². The van der Waals surface area contributed by atoms with Crippen LogP contribution in [0.1, 0.15) is 27.1 Å². The quantitative estimate of drug-likeness (QED) is 0.446. The summed E-state index contributed by atoms with van der Waals surface area (Å²) in [5.41, 5.74) is 0.710. The van der Waals surface area contributed by atoms with Crippen LogP contribution in [0.3, 0.4) is 0 Å². The van der Waals surface area contributed by atoms with E-state index in [1.165, 1.54) is 6.08 Å². The fraction of sp³-hybridized carbons (Fsp3) is 0.154. The lowest BCUT2D eigenvalue weighted by Crippen LogP contribution is -2.40. The summed E-state index contributed by atoms with van der Waals surface area (Å²) in [7, 11) is 0. The van der Waals surface area contributed by atoms with Gasteiger partial charge in [0.05, 0.1) is 17.2 Å². The fourth-order valence-corrected chi connectivity index (χ4v) is 1.90. The average molecular weight is 229 g/mol. The minimum atomic E-state index is -0.764. The molecule has 0 bridgehead atoms. The predicted molar refractivity (Wildman–Crippen MR) is 61.6 cm³/mol. The zero-order chi connectivity index (χ0) is 12.4. The van der Waals surface area contributed by atoms with Crippen molar-refractivity contribution in [2.75, 3.05) is 0 Å². The van der Waals surface area contributed by atoms with Crippen molar-refractivity contribution >= 4 is 18.1 Å². The highest BCUT2D eigenvalue weighted by atomic mass is 16.2. The molecule has 1 heterocycles. The number of hydrogen-bond acceptors (Lipinski definition) is 3. The van der Waals surface area contributed by atoms with E-state index in [1.807, 2.05) is 0 Å². The van der Waals surface area contributed by atoms with E-state index in [1.54, 1.807) is 24.3 Å². The number of aldehydes is 1. The Morgan fingerprint density at radius 2 is 1.71 bits per heavy atom. The summed E-state index contributed by atoms with van der Waals surface area (Å²) in [4.78, 5) is 35.9. The van der Waals surface area contributed by atoms with Crippen LogP contribution < -0.4 is 0 Å². The van der Waals surface area contributed by atoms with Crippen molar-refractivity contribution in [3.8, 4) is 0 Å². The second-order valence-electron chi connectivity index (χ2n) is 3.75. The number of carbonyl (C=O) groups excluding carboxylic acids is 3. The normalized spacial score (nSPS) is 15.6. The van der Waals surface area contributed by atoms with E-state index in [9.17, 15) is 14.4 Å². The lowest BCUT2D eigenvalue weighted by molar-refractivity contribution is -0.111. The van der Waals surface area contributed by atoms with Crippen LogP contribution in [-0.4, -0.2) is 29.0 Å². The first-order chi connectivity index (χ1) is 8.20. The molecule has 1 aromatic carbocycles. The molecule has 0 radical (unpaired) electrons. The van der Waals surface area contributed by atoms with Crippen LogP contribution in [-0.2, 0) is 4.79 Å². The van der Waals surface area contributed by atoms with Gasteiger partial charge in [0.15, 0.2) is 0 Å². The van der Waals surface area contributed by atoms with E-state index < -0.39 is 17.9 Å². The van der Waals surface area contributed by atoms with Gasteiger partial charge in [-0.05, 0) is 18.6 Å². The summed E-state index contributed by atoms with van der Waals surface area (Å²) in [6, 6.07) is 5.80. The van der Waals surface area contributed by atoms with Crippen molar-refractivity contribution < 1.29 is 14.4 Å². The van der Waals surface area contributed by atoms with Gasteiger partial charge in [0.1, 0.15) is 6.29 Å². The largest absolute Gasteiger partial charge is 0.301 e. The summed E-state index contributed by atoms with van der Waals surface area (Å²) >= 11 is 0. The topological polar surface area (TPSA) is 54.5 Å². The molecule has 2 amide bonds. The molecular formula is C13H11NO3. The van der Waals surface area contributed by atoms with Crippen molar-refractivity contribution in [1.29, 1.82) is 0 Å². The molecule has 17 heavy (non-hydrogen) atoms. The average Bonchev–Trinajstić information content (AvgIpc) is 2.61. The summed E-state index contributed by atoms with van der Waals surface area (Å²) in [5, 5.41) is 0. The Hall–Kier alpha value is -2.23. The standard InChI is InChI=1S/C13H11NO3/c1-2-5-9(8-15)14-12(16)10-6-3-4-7-11(10)13(14)17/h2-4,6-9H,1,5H2. The molecule has 86 valence electrons. The number of carbonyl (C=O) groups is 3. The maximum absolute atomic E-state index is 12.0. The van der Waals surface area contributed by atoms with Gasteiger partial charge in [-0.1, -0.05) is 18.2 Å². The first kappa shape index (κ1) is 11.3. The summed E-state index contributed by atoms with van der Waals surface area (Å²) in [6.45, 7) is 3.51. The molecule has 4 nitrogen and oxygen atoms in total. The van der Waals surface area contributed by atoms with E-state index in [0.29, 0.717) is 17.4 Å². The van der Waals surface area contributed by atoms with Crippen LogP contribution in [0.15, 0.2) is 36.9 Å². The van der Waals surface area contributed by atoms with Crippen LogP contribution in [0.25, 0.3) is 0 Å². The molecule has 0 aliphatic carbocycles. The van der Waals surface area contributed by atoms with E-state index in [-0.39, 0.29) is 6.42 Å². The predicted octanol–water partition coefficient (Wildman–Crippen LogP) is 1.43. The molecular weight excluding hydrogens is 218 g/mol. The minimum Gasteiger partial charge on any atom is -0.301 e. The number of imide groups is 1. The Bertz CT molecular complexity index is 472. The van der Waals surface area contributed by atoms with Crippen LogP contribution in [0.2, 0.25) is 0 Å². The van der Waals surface area contributed by atoms with Gasteiger partial charge in [0.2, 0.25) is 0 Å². The number of rotatable bonds is 4. The number of benzene rings is 1. The van der Waals surface area contributed by atoms with Gasteiger partial charge in [0, 0.05) is 0 Å². The highest BCUT2D eigenvalue weighted by Gasteiger charge is 2.39. The lowest BCUT2D eigenvalue weighted by atomic mass is 10.1. The SMILES string of the molecule is C=CCC(C=O)N1C(=O)c2ccccc2C1=O. The van der Waals surface area contributed by atoms with Crippen LogP contribution in [0.5, 0.6) is 0 Å². The zero-order valence-electron chi connectivity index (χ0n) is 9.13. The first-order valence-corrected chi connectivity index (χ1v) is 5.23. The third kappa shape index (κ3) is 1.67. The van der Waals surface area contributed by atoms with Crippen LogP contribution in [0.4, 0.5) is 0 Å². The summed E-state index contributed by atoms with van der Waals surface area (Å²) in [6.07, 6.45) is 2.39. The molecule has 1 aliphatic rings. The molecule has 0 saturated heterocycles. The zero-order valence-corrected chi connectivity index (χ0v) is 9.13. The molecule has 4 heteroatoms. The fourth-order valence-electron chi connectivity index (χ4n) is 1.90. The molecule has 1 atom stereocenters. The number of hydrogen-bond donors (Lipinski definition) is 0. The highest BCUT2D eigenvalue weighted by molar-refractivity contribution is 6.22. The van der Waals surface area contributed by atoms with Crippen molar-refractivity contribution in [2.24, 2.45) is 0 Å². The van der Waals surface area contributed by atoms with Crippen molar-refractivity contribution in [3.63, 3.8) is 0 Å². The molecule has 0 fully saturated rings. The van der Waals surface area contributed by atoms with Crippen molar-refractivity contribution in [1.82, 2.24) is 4.90 Å². The third-order valence-electron chi connectivity index (χ3n) is 2.72. The van der Waals surface area contributed by atoms with E-state index in [0.717, 1.165) is 4.90 Å². The van der Waals surface area contributed by atoms with E-state index in [2.05, 4.69) is 6.58 Å². The van der Waals surface area contributed by atoms with Gasteiger partial charge in [0.25, 0.3) is 11.8 Å². The second-order valence-corrected chi connectivity index (χ2v) is 3.75. The molecule has 1 aliphatic heterocycles. The van der Waals surface area contributed by atoms with Crippen molar-refractivity contribution in [2.45, 2.75) is 12.5 Å². The Morgan fingerprint density at radius 3 is 2.12 bits per heavy atom. The Labute approximate surface area is 98.5 Å². The van der Waals surface area contributed by atoms with Gasteiger partial charge >= 0.3 is 0 Å². The van der Waals surface area contributed by atoms with Crippen LogP contribution >= 0.6 is 0 Å². The van der Waals surface area contributed by atoms with Gasteiger partial charge in [-0.25, -0.2) is 0 Å². The monoisotopic (exact) mass is 229 g/mol. The van der Waals surface area contributed by atoms with Gasteiger partial charge in [-0.2, -0.15) is 0 Å². The Balaban J connectivity index is 2.41. The number of fused-ring (bicyclic) bond motifs is 1. The molecule has 1 unspecified atom stereocenters. The lowest BCUT2D eigenvalue weighted by Gasteiger charge is -2.19. The van der Waals surface area contributed by atoms with E-state index >= 15 is 0 Å². The molecule has 0 saturated carbocycles. The van der Waals surface area contributed by atoms with Gasteiger partial charge < -0.3 is 4.79 Å². The Kier molecular flexibility index (Phi) is 2.87. The van der Waals surface area contributed by atoms with E-state index in [4.69, 9.17) is 0 Å². The summed E-state index contributed by atoms with van der Waals surface area (Å²) in [5.74, 6) is -0.825.